The molecule has 2 aromatic rings. The Morgan fingerprint density at radius 1 is 1.45 bits per heavy atom. The molecule has 1 aromatic heterocycles. The molecule has 0 unspecified atom stereocenters. The summed E-state index contributed by atoms with van der Waals surface area (Å²) in [7, 11) is -3.42. The van der Waals surface area contributed by atoms with Gasteiger partial charge in [0.25, 0.3) is 0 Å². The molecule has 0 aliphatic heterocycles. The number of sulfone groups is 1. The van der Waals surface area contributed by atoms with Crippen LogP contribution in [0.3, 0.4) is 0 Å². The van der Waals surface area contributed by atoms with Crippen LogP contribution in [0.25, 0.3) is 0 Å². The first kappa shape index (κ1) is 15.0. The van der Waals surface area contributed by atoms with Crippen molar-refractivity contribution in [3.05, 3.63) is 47.2 Å². The average molecular weight is 330 g/mol. The van der Waals surface area contributed by atoms with Gasteiger partial charge in [0.05, 0.1) is 28.4 Å². The number of halogens is 1. The number of rotatable bonds is 5. The maximum atomic E-state index is 12.2. The average Bonchev–Trinajstić information content (AvgIpc) is 2.82. The monoisotopic (exact) mass is 329 g/mol. The second-order valence-corrected chi connectivity index (χ2v) is 7.12. The van der Waals surface area contributed by atoms with Crippen LogP contribution in [0.1, 0.15) is 5.56 Å². The van der Waals surface area contributed by atoms with E-state index in [1.54, 1.807) is 18.3 Å². The lowest BCUT2D eigenvalue weighted by Gasteiger charge is -2.06. The normalized spacial score (nSPS) is 11.4. The zero-order valence-corrected chi connectivity index (χ0v) is 12.7. The first-order chi connectivity index (χ1) is 9.38. The number of nitrogens with zero attached hydrogens (tertiary/aromatic N) is 2. The number of nitrogens with two attached hydrogens (primary N) is 1. The van der Waals surface area contributed by atoms with Crippen LogP contribution in [0.5, 0.6) is 0 Å². The van der Waals surface area contributed by atoms with Gasteiger partial charge in [-0.15, -0.1) is 0 Å². The van der Waals surface area contributed by atoms with Gasteiger partial charge in [-0.2, -0.15) is 5.10 Å². The van der Waals surface area contributed by atoms with Crippen LogP contribution >= 0.6 is 23.8 Å². The zero-order chi connectivity index (χ0) is 14.8. The van der Waals surface area contributed by atoms with Crippen LogP contribution in [0.15, 0.2) is 41.6 Å². The molecule has 106 valence electrons. The highest BCUT2D eigenvalue weighted by Gasteiger charge is 2.15. The van der Waals surface area contributed by atoms with Crippen LogP contribution in [-0.2, 0) is 16.4 Å². The van der Waals surface area contributed by atoms with E-state index >= 15 is 0 Å². The minimum Gasteiger partial charge on any atom is -0.389 e. The molecule has 0 radical (unpaired) electrons. The van der Waals surface area contributed by atoms with E-state index in [1.807, 2.05) is 0 Å². The van der Waals surface area contributed by atoms with Crippen molar-refractivity contribution in [3.8, 4) is 0 Å². The zero-order valence-electron chi connectivity index (χ0n) is 10.4. The number of benzene rings is 1. The van der Waals surface area contributed by atoms with Crippen molar-refractivity contribution in [1.82, 2.24) is 9.78 Å². The summed E-state index contributed by atoms with van der Waals surface area (Å²) in [4.78, 5) is 0.363. The highest BCUT2D eigenvalue weighted by Crippen LogP contribution is 2.14. The molecule has 0 atom stereocenters. The summed E-state index contributed by atoms with van der Waals surface area (Å²) in [6.45, 7) is 0.229. The molecule has 0 saturated heterocycles. The van der Waals surface area contributed by atoms with Gasteiger partial charge in [0.15, 0.2) is 9.84 Å². The molecule has 0 saturated carbocycles. The Kier molecular flexibility index (Phi) is 4.42. The Labute approximate surface area is 127 Å². The number of thiocarbonyl (C=S) groups is 1. The number of aryl methyl sites for hydroxylation is 1. The smallest absolute Gasteiger partial charge is 0.180 e. The van der Waals surface area contributed by atoms with Gasteiger partial charge in [-0.3, -0.25) is 4.68 Å². The largest absolute Gasteiger partial charge is 0.389 e. The maximum absolute atomic E-state index is 12.2. The van der Waals surface area contributed by atoms with E-state index in [0.29, 0.717) is 10.6 Å². The van der Waals surface area contributed by atoms with Crippen molar-refractivity contribution >= 4 is 38.6 Å². The van der Waals surface area contributed by atoms with E-state index in [9.17, 15) is 8.42 Å². The third kappa shape index (κ3) is 3.56. The molecular weight excluding hydrogens is 318 g/mol. The Balaban J connectivity index is 2.17. The molecule has 0 spiro atoms. The molecule has 1 aromatic carbocycles. The lowest BCUT2D eigenvalue weighted by molar-refractivity contribution is 0.580. The van der Waals surface area contributed by atoms with Crippen LogP contribution in [0.2, 0.25) is 5.02 Å². The van der Waals surface area contributed by atoms with Crippen molar-refractivity contribution in [2.24, 2.45) is 5.73 Å². The van der Waals surface area contributed by atoms with E-state index in [0.717, 1.165) is 0 Å². The van der Waals surface area contributed by atoms with Crippen LogP contribution < -0.4 is 5.73 Å². The minimum atomic E-state index is -3.42. The fraction of sp³-hybridized carbons (Fsp3) is 0.167. The third-order valence-corrected chi connectivity index (χ3v) is 4.79. The van der Waals surface area contributed by atoms with Gasteiger partial charge in [-0.05, 0) is 12.1 Å². The summed E-state index contributed by atoms with van der Waals surface area (Å²) >= 11 is 10.6. The Morgan fingerprint density at radius 2 is 2.20 bits per heavy atom. The van der Waals surface area contributed by atoms with Gasteiger partial charge in [0.2, 0.25) is 0 Å². The standard InChI is InChI=1S/C12H12ClN3O2S2/c13-10-7-15-16(8-10)4-5-20(17,18)11-3-1-2-9(6-11)12(14)19/h1-3,6-8H,4-5H2,(H2,14,19). The van der Waals surface area contributed by atoms with E-state index in [1.165, 1.54) is 23.0 Å². The predicted octanol–water partition coefficient (Wildman–Crippen LogP) is 1.64. The third-order valence-electron chi connectivity index (χ3n) is 2.67. The molecule has 8 heteroatoms. The van der Waals surface area contributed by atoms with Gasteiger partial charge in [0, 0.05) is 11.8 Å². The van der Waals surface area contributed by atoms with Crippen molar-refractivity contribution in [2.75, 3.05) is 5.75 Å². The second kappa shape index (κ2) is 5.90. The molecule has 20 heavy (non-hydrogen) atoms. The van der Waals surface area contributed by atoms with Crippen molar-refractivity contribution in [2.45, 2.75) is 11.4 Å². The summed E-state index contributed by atoms with van der Waals surface area (Å²) in [6, 6.07) is 6.29. The molecule has 0 aliphatic rings. The number of aromatic nitrogens is 2. The topological polar surface area (TPSA) is 78.0 Å². The molecule has 5 nitrogen and oxygen atoms in total. The molecule has 0 aliphatic carbocycles. The van der Waals surface area contributed by atoms with Crippen LogP contribution in [0, 0.1) is 0 Å². The predicted molar refractivity (Wildman–Crippen MR) is 81.6 cm³/mol. The quantitative estimate of drug-likeness (QED) is 0.844. The van der Waals surface area contributed by atoms with Crippen LogP contribution in [-0.4, -0.2) is 28.9 Å². The van der Waals surface area contributed by atoms with E-state index in [-0.39, 0.29) is 22.2 Å². The van der Waals surface area contributed by atoms with E-state index in [4.69, 9.17) is 29.6 Å². The Hall–Kier alpha value is -1.44. The van der Waals surface area contributed by atoms with Gasteiger partial charge in [0.1, 0.15) is 4.99 Å². The van der Waals surface area contributed by atoms with Gasteiger partial charge >= 0.3 is 0 Å². The highest BCUT2D eigenvalue weighted by molar-refractivity contribution is 7.91. The molecule has 2 N–H and O–H groups in total. The van der Waals surface area contributed by atoms with E-state index < -0.39 is 9.84 Å². The molecule has 0 amide bonds. The van der Waals surface area contributed by atoms with Gasteiger partial charge in [-0.25, -0.2) is 8.42 Å². The minimum absolute atomic E-state index is 0.0776. The second-order valence-electron chi connectivity index (χ2n) is 4.13. The summed E-state index contributed by atoms with van der Waals surface area (Å²) in [6.07, 6.45) is 3.03. The fourth-order valence-corrected chi connectivity index (χ4v) is 3.17. The number of hydrogen-bond donors (Lipinski definition) is 1. The van der Waals surface area contributed by atoms with Crippen molar-refractivity contribution < 1.29 is 8.42 Å². The summed E-state index contributed by atoms with van der Waals surface area (Å²) in [5.74, 6) is -0.0776. The molecular formula is C12H12ClN3O2S2. The van der Waals surface area contributed by atoms with Crippen molar-refractivity contribution in [3.63, 3.8) is 0 Å². The summed E-state index contributed by atoms with van der Waals surface area (Å²) < 4.78 is 25.9. The first-order valence-electron chi connectivity index (χ1n) is 5.69. The van der Waals surface area contributed by atoms with Crippen molar-refractivity contribution in [1.29, 1.82) is 0 Å². The molecule has 1 heterocycles. The Bertz CT molecular complexity index is 741. The first-order valence-corrected chi connectivity index (χ1v) is 8.13. The fourth-order valence-electron chi connectivity index (χ4n) is 1.64. The molecule has 0 fully saturated rings. The summed E-state index contributed by atoms with van der Waals surface area (Å²) in [5, 5.41) is 4.41. The SMILES string of the molecule is NC(=S)c1cccc(S(=O)(=O)CCn2cc(Cl)cn2)c1. The van der Waals surface area contributed by atoms with E-state index in [2.05, 4.69) is 5.10 Å². The van der Waals surface area contributed by atoms with Crippen LogP contribution in [0.4, 0.5) is 0 Å². The van der Waals surface area contributed by atoms with Gasteiger partial charge < -0.3 is 5.73 Å². The highest BCUT2D eigenvalue weighted by atomic mass is 35.5. The lowest BCUT2D eigenvalue weighted by Crippen LogP contribution is -2.15. The summed E-state index contributed by atoms with van der Waals surface area (Å²) in [5.41, 5.74) is 6.03. The molecule has 2 rings (SSSR count). The Morgan fingerprint density at radius 3 is 2.80 bits per heavy atom. The maximum Gasteiger partial charge on any atom is 0.180 e. The lowest BCUT2D eigenvalue weighted by atomic mass is 10.2. The van der Waals surface area contributed by atoms with Gasteiger partial charge in [-0.1, -0.05) is 36.0 Å². The molecule has 0 bridgehead atoms. The number of hydrogen-bond acceptors (Lipinski definition) is 4.